The molecule has 3 aromatic carbocycles. The molecule has 1 atom stereocenters. The van der Waals surface area contributed by atoms with Crippen LogP contribution in [0.15, 0.2) is 60.7 Å². The van der Waals surface area contributed by atoms with Crippen LogP contribution < -0.4 is 19.5 Å². The minimum absolute atomic E-state index is 0.0436. The van der Waals surface area contributed by atoms with Gasteiger partial charge in [-0.05, 0) is 61.4 Å². The summed E-state index contributed by atoms with van der Waals surface area (Å²) in [5.41, 5.74) is 0.941. The Balaban J connectivity index is 1.60. The topological polar surface area (TPSA) is 56.8 Å². The highest BCUT2D eigenvalue weighted by Gasteiger charge is 2.14. The van der Waals surface area contributed by atoms with Crippen molar-refractivity contribution in [3.63, 3.8) is 0 Å². The van der Waals surface area contributed by atoms with E-state index in [-0.39, 0.29) is 18.6 Å². The third-order valence-electron chi connectivity index (χ3n) is 4.54. The fourth-order valence-corrected chi connectivity index (χ4v) is 3.11. The Bertz CT molecular complexity index is 970. The molecule has 0 spiro atoms. The summed E-state index contributed by atoms with van der Waals surface area (Å²) in [4.78, 5) is 12.4. The molecular weight excluding hydrogens is 366 g/mol. The lowest BCUT2D eigenvalue weighted by atomic mass is 10.1. The van der Waals surface area contributed by atoms with Gasteiger partial charge >= 0.3 is 0 Å². The van der Waals surface area contributed by atoms with Crippen LogP contribution in [0.1, 0.15) is 32.4 Å². The van der Waals surface area contributed by atoms with Gasteiger partial charge in [-0.2, -0.15) is 0 Å². The van der Waals surface area contributed by atoms with Crippen molar-refractivity contribution in [1.29, 1.82) is 0 Å². The Kier molecular flexibility index (Phi) is 6.95. The zero-order chi connectivity index (χ0) is 20.6. The normalized spacial score (nSPS) is 11.7. The van der Waals surface area contributed by atoms with E-state index in [1.54, 1.807) is 0 Å². The zero-order valence-electron chi connectivity index (χ0n) is 17.1. The number of benzene rings is 3. The molecule has 0 radical (unpaired) electrons. The van der Waals surface area contributed by atoms with Gasteiger partial charge in [0.25, 0.3) is 5.91 Å². The van der Waals surface area contributed by atoms with Crippen LogP contribution in [-0.4, -0.2) is 25.7 Å². The molecule has 0 aliphatic rings. The van der Waals surface area contributed by atoms with Crippen molar-refractivity contribution in [3.05, 3.63) is 66.2 Å². The summed E-state index contributed by atoms with van der Waals surface area (Å²) < 4.78 is 16.9. The van der Waals surface area contributed by atoms with Gasteiger partial charge in [0.05, 0.1) is 19.3 Å². The van der Waals surface area contributed by atoms with E-state index in [1.807, 2.05) is 81.4 Å². The number of carbonyl (C=O) groups is 1. The highest BCUT2D eigenvalue weighted by atomic mass is 16.5. The van der Waals surface area contributed by atoms with Gasteiger partial charge in [-0.25, -0.2) is 0 Å². The summed E-state index contributed by atoms with van der Waals surface area (Å²) >= 11 is 0. The highest BCUT2D eigenvalue weighted by Crippen LogP contribution is 2.30. The molecule has 0 aliphatic heterocycles. The third-order valence-corrected chi connectivity index (χ3v) is 4.54. The third kappa shape index (κ3) is 5.41. The largest absolute Gasteiger partial charge is 0.490 e. The molecule has 0 saturated carbocycles. The number of hydrogen-bond acceptors (Lipinski definition) is 4. The van der Waals surface area contributed by atoms with Crippen LogP contribution in [0, 0.1) is 0 Å². The molecule has 0 heterocycles. The van der Waals surface area contributed by atoms with E-state index in [0.717, 1.165) is 16.3 Å². The number of amides is 1. The molecule has 3 aromatic rings. The summed E-state index contributed by atoms with van der Waals surface area (Å²) in [5, 5.41) is 5.18. The Morgan fingerprint density at radius 3 is 2.34 bits per heavy atom. The second-order valence-corrected chi connectivity index (χ2v) is 6.66. The van der Waals surface area contributed by atoms with E-state index in [9.17, 15) is 4.79 Å². The van der Waals surface area contributed by atoms with E-state index in [2.05, 4.69) is 5.32 Å². The SMILES string of the molecule is CCOc1ccc(C(C)NC(=O)COc2ccc3ccccc3c2)cc1OCC. The predicted octanol–water partition coefficient (Wildman–Crippen LogP) is 4.89. The molecule has 152 valence electrons. The lowest BCUT2D eigenvalue weighted by Gasteiger charge is -2.18. The number of rotatable bonds is 9. The molecule has 1 unspecified atom stereocenters. The van der Waals surface area contributed by atoms with E-state index < -0.39 is 0 Å². The number of fused-ring (bicyclic) bond motifs is 1. The van der Waals surface area contributed by atoms with Gasteiger partial charge in [0.2, 0.25) is 0 Å². The van der Waals surface area contributed by atoms with Crippen molar-refractivity contribution in [1.82, 2.24) is 5.32 Å². The summed E-state index contributed by atoms with van der Waals surface area (Å²) in [6.07, 6.45) is 0. The van der Waals surface area contributed by atoms with Crippen LogP contribution in [0.2, 0.25) is 0 Å². The molecule has 0 bridgehead atoms. The first kappa shape index (κ1) is 20.5. The maximum Gasteiger partial charge on any atom is 0.258 e. The maximum atomic E-state index is 12.4. The van der Waals surface area contributed by atoms with Crippen molar-refractivity contribution < 1.29 is 19.0 Å². The van der Waals surface area contributed by atoms with Crippen molar-refractivity contribution in [3.8, 4) is 17.2 Å². The number of nitrogens with one attached hydrogen (secondary N) is 1. The van der Waals surface area contributed by atoms with Crippen molar-refractivity contribution in [2.24, 2.45) is 0 Å². The first-order valence-corrected chi connectivity index (χ1v) is 9.91. The van der Waals surface area contributed by atoms with Gasteiger partial charge in [-0.1, -0.05) is 36.4 Å². The summed E-state index contributed by atoms with van der Waals surface area (Å²) in [7, 11) is 0. The van der Waals surface area contributed by atoms with E-state index in [4.69, 9.17) is 14.2 Å². The molecule has 0 aliphatic carbocycles. The summed E-state index contributed by atoms with van der Waals surface area (Å²) in [5.74, 6) is 1.88. The number of hydrogen-bond donors (Lipinski definition) is 1. The van der Waals surface area contributed by atoms with Gasteiger partial charge < -0.3 is 19.5 Å². The molecule has 5 nitrogen and oxygen atoms in total. The molecule has 5 heteroatoms. The molecule has 29 heavy (non-hydrogen) atoms. The van der Waals surface area contributed by atoms with Crippen LogP contribution in [0.5, 0.6) is 17.2 Å². The summed E-state index contributed by atoms with van der Waals surface area (Å²) in [6.45, 7) is 6.86. The minimum atomic E-state index is -0.183. The molecule has 1 amide bonds. The lowest BCUT2D eigenvalue weighted by molar-refractivity contribution is -0.123. The second-order valence-electron chi connectivity index (χ2n) is 6.66. The Labute approximate surface area is 171 Å². The average Bonchev–Trinajstić information content (AvgIpc) is 2.73. The van der Waals surface area contributed by atoms with Crippen molar-refractivity contribution >= 4 is 16.7 Å². The van der Waals surface area contributed by atoms with E-state index >= 15 is 0 Å². The van der Waals surface area contributed by atoms with Gasteiger partial charge in [0.15, 0.2) is 18.1 Å². The van der Waals surface area contributed by atoms with Crippen LogP contribution >= 0.6 is 0 Å². The standard InChI is InChI=1S/C24H27NO4/c1-4-27-22-13-11-19(15-23(22)28-5-2)17(3)25-24(26)16-29-21-12-10-18-8-6-7-9-20(18)14-21/h6-15,17H,4-5,16H2,1-3H3,(H,25,26). The van der Waals surface area contributed by atoms with Gasteiger partial charge in [0, 0.05) is 0 Å². The second kappa shape index (κ2) is 9.82. The maximum absolute atomic E-state index is 12.4. The highest BCUT2D eigenvalue weighted by molar-refractivity contribution is 5.84. The summed E-state index contributed by atoms with van der Waals surface area (Å²) in [6, 6.07) is 19.4. The number of ether oxygens (including phenoxy) is 3. The van der Waals surface area contributed by atoms with Crippen LogP contribution in [0.4, 0.5) is 0 Å². The van der Waals surface area contributed by atoms with Crippen LogP contribution in [0.25, 0.3) is 10.8 Å². The van der Waals surface area contributed by atoms with E-state index in [1.165, 1.54) is 0 Å². The molecular formula is C24H27NO4. The first-order valence-electron chi connectivity index (χ1n) is 9.91. The lowest BCUT2D eigenvalue weighted by Crippen LogP contribution is -2.31. The van der Waals surface area contributed by atoms with Gasteiger partial charge in [-0.15, -0.1) is 0 Å². The van der Waals surface area contributed by atoms with Crippen molar-refractivity contribution in [2.45, 2.75) is 26.8 Å². The molecule has 3 rings (SSSR count). The number of carbonyl (C=O) groups excluding carboxylic acids is 1. The Morgan fingerprint density at radius 2 is 1.59 bits per heavy atom. The monoisotopic (exact) mass is 393 g/mol. The molecule has 0 fully saturated rings. The molecule has 0 aromatic heterocycles. The molecule has 1 N–H and O–H groups in total. The van der Waals surface area contributed by atoms with Crippen LogP contribution in [0.3, 0.4) is 0 Å². The predicted molar refractivity (Wildman–Crippen MR) is 115 cm³/mol. The quantitative estimate of drug-likeness (QED) is 0.562. The fourth-order valence-electron chi connectivity index (χ4n) is 3.11. The Morgan fingerprint density at radius 1 is 0.862 bits per heavy atom. The van der Waals surface area contributed by atoms with Gasteiger partial charge in [-0.3, -0.25) is 4.79 Å². The van der Waals surface area contributed by atoms with E-state index in [0.29, 0.717) is 30.5 Å². The minimum Gasteiger partial charge on any atom is -0.490 e. The first-order chi connectivity index (χ1) is 14.1. The van der Waals surface area contributed by atoms with Gasteiger partial charge in [0.1, 0.15) is 5.75 Å². The molecule has 0 saturated heterocycles. The zero-order valence-corrected chi connectivity index (χ0v) is 17.1. The van der Waals surface area contributed by atoms with Crippen molar-refractivity contribution in [2.75, 3.05) is 19.8 Å². The van der Waals surface area contributed by atoms with Crippen LogP contribution in [-0.2, 0) is 4.79 Å². The Hall–Kier alpha value is -3.21. The smallest absolute Gasteiger partial charge is 0.258 e. The fraction of sp³-hybridized carbons (Fsp3) is 0.292. The average molecular weight is 393 g/mol.